The number of urea groups is 1. The Morgan fingerprint density at radius 2 is 1.77 bits per heavy atom. The van der Waals surface area contributed by atoms with Gasteiger partial charge >= 0.3 is 12.1 Å². The number of amides is 5. The minimum Gasteiger partial charge on any atom is -0.444 e. The first-order chi connectivity index (χ1) is 10.2. The number of nitrogens with one attached hydrogen (secondary N) is 1. The lowest BCUT2D eigenvalue weighted by Gasteiger charge is -2.38. The van der Waals surface area contributed by atoms with Gasteiger partial charge in [-0.05, 0) is 33.6 Å². The van der Waals surface area contributed by atoms with Crippen molar-refractivity contribution < 1.29 is 23.9 Å². The van der Waals surface area contributed by atoms with Gasteiger partial charge in [0.05, 0.1) is 0 Å². The zero-order chi connectivity index (χ0) is 16.5. The van der Waals surface area contributed by atoms with Crippen molar-refractivity contribution in [3.05, 3.63) is 0 Å². The second-order valence-corrected chi connectivity index (χ2v) is 6.49. The molecule has 0 aromatic carbocycles. The van der Waals surface area contributed by atoms with E-state index in [2.05, 4.69) is 5.32 Å². The summed E-state index contributed by atoms with van der Waals surface area (Å²) in [6, 6.07) is -0.962. The third kappa shape index (κ3) is 3.75. The van der Waals surface area contributed by atoms with Gasteiger partial charge in [-0.2, -0.15) is 0 Å². The van der Waals surface area contributed by atoms with E-state index in [4.69, 9.17) is 4.74 Å². The first-order valence-corrected chi connectivity index (χ1v) is 7.31. The van der Waals surface area contributed by atoms with Crippen LogP contribution < -0.4 is 5.32 Å². The number of piperidine rings is 1. The molecule has 2 aliphatic heterocycles. The summed E-state index contributed by atoms with van der Waals surface area (Å²) in [5.74, 6) is -1.05. The number of ether oxygens (including phenoxy) is 1. The van der Waals surface area contributed by atoms with Gasteiger partial charge in [-0.15, -0.1) is 0 Å². The van der Waals surface area contributed by atoms with Gasteiger partial charge in [0.1, 0.15) is 12.0 Å². The second-order valence-electron chi connectivity index (χ2n) is 6.49. The minimum absolute atomic E-state index is 0.292. The third-order valence-electron chi connectivity index (χ3n) is 3.53. The van der Waals surface area contributed by atoms with Crippen molar-refractivity contribution >= 4 is 23.9 Å². The number of nitrogens with zero attached hydrogens (tertiary/aromatic N) is 2. The lowest BCUT2D eigenvalue weighted by molar-refractivity contribution is -0.138. The molecule has 1 N–H and O–H groups in total. The molecule has 8 nitrogen and oxygen atoms in total. The molecule has 2 fully saturated rings. The molecule has 122 valence electrons. The van der Waals surface area contributed by atoms with E-state index in [1.54, 1.807) is 25.7 Å². The second kappa shape index (κ2) is 5.94. The summed E-state index contributed by atoms with van der Waals surface area (Å²) >= 11 is 0. The van der Waals surface area contributed by atoms with Crippen LogP contribution in [0.15, 0.2) is 0 Å². The minimum atomic E-state index is -0.669. The lowest BCUT2D eigenvalue weighted by Crippen LogP contribution is -2.59. The molecule has 2 aliphatic rings. The average molecular weight is 311 g/mol. The van der Waals surface area contributed by atoms with Crippen LogP contribution in [0.3, 0.4) is 0 Å². The van der Waals surface area contributed by atoms with Crippen LogP contribution in [0.25, 0.3) is 0 Å². The van der Waals surface area contributed by atoms with Crippen LogP contribution in [0.1, 0.15) is 40.0 Å². The molecule has 0 unspecified atom stereocenters. The Bertz CT molecular complexity index is 483. The highest BCUT2D eigenvalue weighted by atomic mass is 16.6. The fourth-order valence-electron chi connectivity index (χ4n) is 2.56. The van der Waals surface area contributed by atoms with Crippen LogP contribution in [-0.4, -0.2) is 58.5 Å². The van der Waals surface area contributed by atoms with Crippen LogP contribution >= 0.6 is 0 Å². The maximum atomic E-state index is 12.0. The van der Waals surface area contributed by atoms with Crippen molar-refractivity contribution in [2.24, 2.45) is 0 Å². The van der Waals surface area contributed by atoms with Crippen molar-refractivity contribution in [3.63, 3.8) is 0 Å². The summed E-state index contributed by atoms with van der Waals surface area (Å²) in [7, 11) is 0. The number of carbonyl (C=O) groups excluding carboxylic acids is 4. The van der Waals surface area contributed by atoms with Gasteiger partial charge in [0.2, 0.25) is 11.8 Å². The summed E-state index contributed by atoms with van der Waals surface area (Å²) in [5, 5.41) is 2.14. The summed E-state index contributed by atoms with van der Waals surface area (Å²) in [6.07, 6.45) is 0.257. The Morgan fingerprint density at radius 1 is 1.18 bits per heavy atom. The molecule has 0 spiro atoms. The number of likely N-dealkylation sites (tertiary alicyclic amines) is 1. The van der Waals surface area contributed by atoms with Crippen LogP contribution in [-0.2, 0) is 14.3 Å². The van der Waals surface area contributed by atoms with E-state index in [9.17, 15) is 19.2 Å². The number of barbiturate groups is 1. The Morgan fingerprint density at radius 3 is 2.27 bits per heavy atom. The highest BCUT2D eigenvalue weighted by molar-refractivity contribution is 6.14. The van der Waals surface area contributed by atoms with Gasteiger partial charge in [0.15, 0.2) is 0 Å². The molecule has 0 saturated carbocycles. The van der Waals surface area contributed by atoms with Crippen molar-refractivity contribution in [1.82, 2.24) is 15.1 Å². The Balaban J connectivity index is 1.92. The van der Waals surface area contributed by atoms with E-state index in [-0.39, 0.29) is 12.5 Å². The van der Waals surface area contributed by atoms with Gasteiger partial charge in [-0.1, -0.05) is 0 Å². The zero-order valence-corrected chi connectivity index (χ0v) is 13.0. The predicted molar refractivity (Wildman–Crippen MR) is 75.8 cm³/mol. The monoisotopic (exact) mass is 311 g/mol. The molecule has 2 saturated heterocycles. The topological polar surface area (TPSA) is 96.0 Å². The van der Waals surface area contributed by atoms with E-state index in [0.717, 1.165) is 4.90 Å². The normalized spacial score (nSPS) is 21.0. The van der Waals surface area contributed by atoms with E-state index in [1.165, 1.54) is 0 Å². The highest BCUT2D eigenvalue weighted by Gasteiger charge is 2.38. The molecular weight excluding hydrogens is 290 g/mol. The molecule has 22 heavy (non-hydrogen) atoms. The number of carbonyl (C=O) groups is 4. The van der Waals surface area contributed by atoms with E-state index < -0.39 is 29.5 Å². The fraction of sp³-hybridized carbons (Fsp3) is 0.714. The van der Waals surface area contributed by atoms with Gasteiger partial charge < -0.3 is 9.64 Å². The number of hydrogen-bond donors (Lipinski definition) is 1. The SMILES string of the molecule is CC(C)(C)OC(=O)N1CCC(N2C(=O)CC(=O)NC2=O)CC1. The molecular formula is C14H21N3O5. The maximum absolute atomic E-state index is 12.0. The molecule has 5 amide bonds. The molecule has 0 bridgehead atoms. The first-order valence-electron chi connectivity index (χ1n) is 7.31. The molecule has 0 aromatic heterocycles. The largest absolute Gasteiger partial charge is 0.444 e. The summed E-state index contributed by atoms with van der Waals surface area (Å²) in [5.41, 5.74) is -0.559. The number of rotatable bonds is 1. The van der Waals surface area contributed by atoms with Gasteiger partial charge in [0, 0.05) is 19.1 Å². The predicted octanol–water partition coefficient (Wildman–Crippen LogP) is 0.854. The van der Waals surface area contributed by atoms with Crippen molar-refractivity contribution in [2.75, 3.05) is 13.1 Å². The Labute approximate surface area is 128 Å². The molecule has 0 aromatic rings. The summed E-state index contributed by atoms with van der Waals surface area (Å²) in [6.45, 7) is 6.21. The quantitative estimate of drug-likeness (QED) is 0.724. The van der Waals surface area contributed by atoms with Crippen molar-refractivity contribution in [2.45, 2.75) is 51.7 Å². The third-order valence-corrected chi connectivity index (χ3v) is 3.53. The van der Waals surface area contributed by atoms with E-state index >= 15 is 0 Å². The van der Waals surface area contributed by atoms with Gasteiger partial charge in [0.25, 0.3) is 0 Å². The van der Waals surface area contributed by atoms with Gasteiger partial charge in [-0.3, -0.25) is 19.8 Å². The van der Waals surface area contributed by atoms with E-state index in [0.29, 0.717) is 25.9 Å². The maximum Gasteiger partial charge on any atom is 0.410 e. The van der Waals surface area contributed by atoms with Crippen LogP contribution in [0, 0.1) is 0 Å². The average Bonchev–Trinajstić information content (AvgIpc) is 2.36. The molecule has 0 aliphatic carbocycles. The smallest absolute Gasteiger partial charge is 0.410 e. The first kappa shape index (κ1) is 16.3. The fourth-order valence-corrected chi connectivity index (χ4v) is 2.56. The van der Waals surface area contributed by atoms with Crippen LogP contribution in [0.2, 0.25) is 0 Å². The van der Waals surface area contributed by atoms with Crippen molar-refractivity contribution in [3.8, 4) is 0 Å². The Hall–Kier alpha value is -2.12. The zero-order valence-electron chi connectivity index (χ0n) is 13.0. The van der Waals surface area contributed by atoms with Gasteiger partial charge in [-0.25, -0.2) is 9.59 Å². The summed E-state index contributed by atoms with van der Waals surface area (Å²) in [4.78, 5) is 49.4. The molecule has 0 radical (unpaired) electrons. The van der Waals surface area contributed by atoms with Crippen LogP contribution in [0.4, 0.5) is 9.59 Å². The molecule has 2 heterocycles. The molecule has 0 atom stereocenters. The highest BCUT2D eigenvalue weighted by Crippen LogP contribution is 2.21. The number of imide groups is 2. The van der Waals surface area contributed by atoms with E-state index in [1.807, 2.05) is 0 Å². The molecule has 8 heteroatoms. The standard InChI is InChI=1S/C14H21N3O5/c1-14(2,3)22-13(21)16-6-4-9(5-7-16)17-11(19)8-10(18)15-12(17)20/h9H,4-8H2,1-3H3,(H,15,18,20). The Kier molecular flexibility index (Phi) is 4.39. The summed E-state index contributed by atoms with van der Waals surface area (Å²) < 4.78 is 5.30. The number of hydrogen-bond acceptors (Lipinski definition) is 5. The lowest BCUT2D eigenvalue weighted by atomic mass is 10.0. The van der Waals surface area contributed by atoms with Crippen molar-refractivity contribution in [1.29, 1.82) is 0 Å². The van der Waals surface area contributed by atoms with Crippen LogP contribution in [0.5, 0.6) is 0 Å². The molecule has 2 rings (SSSR count).